The molecule has 3 N–H and O–H groups in total. The quantitative estimate of drug-likeness (QED) is 0.314. The number of anilines is 2. The van der Waals surface area contributed by atoms with Crippen molar-refractivity contribution >= 4 is 46.7 Å². The number of pyridine rings is 1. The minimum atomic E-state index is -1.21. The third-order valence-corrected chi connectivity index (χ3v) is 6.29. The van der Waals surface area contributed by atoms with Gasteiger partial charge >= 0.3 is 11.9 Å². The highest BCUT2D eigenvalue weighted by Crippen LogP contribution is 2.48. The Balaban J connectivity index is 1.48. The number of aromatic nitrogens is 1. The van der Waals surface area contributed by atoms with Crippen molar-refractivity contribution in [2.75, 3.05) is 23.8 Å². The molecule has 11 nitrogen and oxygen atoms in total. The summed E-state index contributed by atoms with van der Waals surface area (Å²) in [4.78, 5) is 61.4. The Bertz CT molecular complexity index is 1520. The molecule has 2 amide bonds. The highest BCUT2D eigenvalue weighted by Gasteiger charge is 2.63. The van der Waals surface area contributed by atoms with E-state index >= 15 is 0 Å². The fourth-order valence-corrected chi connectivity index (χ4v) is 4.26. The van der Waals surface area contributed by atoms with E-state index in [1.54, 1.807) is 31.2 Å². The van der Waals surface area contributed by atoms with Gasteiger partial charge in [-0.2, -0.15) is 0 Å². The van der Waals surface area contributed by atoms with Crippen LogP contribution in [0.25, 0.3) is 5.69 Å². The molecule has 1 aliphatic carbocycles. The minimum absolute atomic E-state index is 0.0308. The lowest BCUT2D eigenvalue weighted by Gasteiger charge is -2.11. The van der Waals surface area contributed by atoms with Crippen molar-refractivity contribution in [1.82, 2.24) is 4.57 Å². The van der Waals surface area contributed by atoms with Crippen LogP contribution in [0.4, 0.5) is 15.8 Å². The van der Waals surface area contributed by atoms with Crippen LogP contribution in [0.1, 0.15) is 6.92 Å². The zero-order chi connectivity index (χ0) is 29.0. The van der Waals surface area contributed by atoms with E-state index in [4.69, 9.17) is 26.2 Å². The molecular formula is C27H23ClFN3O8. The van der Waals surface area contributed by atoms with E-state index < -0.39 is 59.5 Å². The molecule has 1 heterocycles. The second-order valence-electron chi connectivity index (χ2n) is 8.73. The van der Waals surface area contributed by atoms with Gasteiger partial charge in [-0.25, -0.2) is 9.18 Å². The lowest BCUT2D eigenvalue weighted by atomic mass is 10.2. The molecule has 40 heavy (non-hydrogen) atoms. The number of hydrogen-bond acceptors (Lipinski definition) is 7. The van der Waals surface area contributed by atoms with Gasteiger partial charge in [-0.05, 0) is 49.4 Å². The highest BCUT2D eigenvalue weighted by molar-refractivity contribution is 6.30. The molecule has 4 rings (SSSR count). The number of carbonyl (C=O) groups is 4. The predicted molar refractivity (Wildman–Crippen MR) is 141 cm³/mol. The molecule has 2 aromatic carbocycles. The van der Waals surface area contributed by atoms with Gasteiger partial charge in [0, 0.05) is 29.0 Å². The number of carboxylic acid groups (broad SMARTS) is 1. The first-order valence-corrected chi connectivity index (χ1v) is 12.4. The van der Waals surface area contributed by atoms with E-state index in [9.17, 15) is 28.4 Å². The van der Waals surface area contributed by atoms with Gasteiger partial charge in [0.25, 0.3) is 5.56 Å². The van der Waals surface area contributed by atoms with Crippen molar-refractivity contribution in [2.45, 2.75) is 6.92 Å². The van der Waals surface area contributed by atoms with Gasteiger partial charge in [0.05, 0.1) is 35.7 Å². The van der Waals surface area contributed by atoms with E-state index in [2.05, 4.69) is 10.6 Å². The fraction of sp³-hybridized carbons (Fsp3) is 0.222. The van der Waals surface area contributed by atoms with Gasteiger partial charge in [-0.3, -0.25) is 23.7 Å². The molecule has 0 radical (unpaired) electrons. The summed E-state index contributed by atoms with van der Waals surface area (Å²) in [6.45, 7) is 1.02. The van der Waals surface area contributed by atoms with Crippen LogP contribution in [-0.2, 0) is 23.9 Å². The van der Waals surface area contributed by atoms with Gasteiger partial charge in [0.15, 0.2) is 6.61 Å². The van der Waals surface area contributed by atoms with E-state index in [0.29, 0.717) is 10.7 Å². The third-order valence-electron chi connectivity index (χ3n) is 6.04. The van der Waals surface area contributed by atoms with Crippen LogP contribution < -0.4 is 20.9 Å². The average molecular weight is 572 g/mol. The molecule has 1 fully saturated rings. The summed E-state index contributed by atoms with van der Waals surface area (Å²) < 4.78 is 26.0. The van der Waals surface area contributed by atoms with E-state index in [-0.39, 0.29) is 23.7 Å². The SMILES string of the molecule is CCOC(=O)[C@H]1[C@@H](C(=O)Nc2ccc(Cl)cc2)[C@@H]1C(=O)Nc1ccc(-n2ccc(OCC(=O)O)cc2=O)cc1F. The van der Waals surface area contributed by atoms with Crippen LogP contribution >= 0.6 is 11.6 Å². The first kappa shape index (κ1) is 28.3. The molecule has 0 unspecified atom stereocenters. The molecule has 0 saturated heterocycles. The molecule has 3 atom stereocenters. The largest absolute Gasteiger partial charge is 0.482 e. The molecule has 0 spiro atoms. The molecule has 0 aliphatic heterocycles. The number of halogens is 2. The zero-order valence-corrected chi connectivity index (χ0v) is 21.7. The second-order valence-corrected chi connectivity index (χ2v) is 9.17. The molecule has 1 aliphatic rings. The summed E-state index contributed by atoms with van der Waals surface area (Å²) in [6, 6.07) is 12.3. The summed E-state index contributed by atoms with van der Waals surface area (Å²) in [5.41, 5.74) is -0.291. The molecule has 1 saturated carbocycles. The summed E-state index contributed by atoms with van der Waals surface area (Å²) >= 11 is 5.86. The number of carboxylic acids is 1. The Hall–Kier alpha value is -4.71. The predicted octanol–water partition coefficient (Wildman–Crippen LogP) is 3.10. The molecule has 3 aromatic rings. The Morgan fingerprint density at radius 1 is 0.975 bits per heavy atom. The number of aliphatic carboxylic acids is 1. The number of nitrogens with zero attached hydrogens (tertiary/aromatic N) is 1. The Kier molecular flexibility index (Phi) is 8.49. The first-order valence-electron chi connectivity index (χ1n) is 12.0. The summed E-state index contributed by atoms with van der Waals surface area (Å²) in [5.74, 6) is -7.27. The summed E-state index contributed by atoms with van der Waals surface area (Å²) in [6.07, 6.45) is 1.28. The Morgan fingerprint density at radius 3 is 2.25 bits per heavy atom. The molecular weight excluding hydrogens is 549 g/mol. The van der Waals surface area contributed by atoms with E-state index in [0.717, 1.165) is 16.7 Å². The lowest BCUT2D eigenvalue weighted by Crippen LogP contribution is -2.21. The number of nitrogens with one attached hydrogen (secondary N) is 2. The number of benzene rings is 2. The van der Waals surface area contributed by atoms with Crippen molar-refractivity contribution in [1.29, 1.82) is 0 Å². The first-order chi connectivity index (χ1) is 19.1. The Morgan fingerprint density at radius 2 is 1.65 bits per heavy atom. The molecule has 208 valence electrons. The Labute approximate surface area is 231 Å². The normalized spacial score (nSPS) is 17.4. The third kappa shape index (κ3) is 6.46. The number of amides is 2. The maximum atomic E-state index is 15.0. The number of hydrogen-bond donors (Lipinski definition) is 3. The van der Waals surface area contributed by atoms with Gasteiger partial charge < -0.3 is 25.2 Å². The van der Waals surface area contributed by atoms with Crippen LogP contribution in [0, 0.1) is 23.6 Å². The number of esters is 1. The summed E-state index contributed by atoms with van der Waals surface area (Å²) in [5, 5.41) is 14.2. The summed E-state index contributed by atoms with van der Waals surface area (Å²) in [7, 11) is 0. The van der Waals surface area contributed by atoms with Crippen molar-refractivity contribution < 1.29 is 38.1 Å². The van der Waals surface area contributed by atoms with Crippen molar-refractivity contribution in [3.05, 3.63) is 82.0 Å². The minimum Gasteiger partial charge on any atom is -0.482 e. The molecule has 0 bridgehead atoms. The lowest BCUT2D eigenvalue weighted by molar-refractivity contribution is -0.146. The maximum Gasteiger partial charge on any atom is 0.341 e. The van der Waals surface area contributed by atoms with E-state index in [1.165, 1.54) is 24.4 Å². The number of carbonyl (C=O) groups excluding carboxylic acids is 3. The van der Waals surface area contributed by atoms with Gasteiger partial charge in [-0.15, -0.1) is 0 Å². The molecule has 13 heteroatoms. The van der Waals surface area contributed by atoms with Crippen LogP contribution in [0.3, 0.4) is 0 Å². The topological polar surface area (TPSA) is 153 Å². The number of ether oxygens (including phenoxy) is 2. The maximum absolute atomic E-state index is 15.0. The molecule has 1 aromatic heterocycles. The fourth-order valence-electron chi connectivity index (χ4n) is 4.13. The van der Waals surface area contributed by atoms with Crippen LogP contribution in [0.2, 0.25) is 5.02 Å². The number of rotatable bonds is 10. The van der Waals surface area contributed by atoms with E-state index in [1.807, 2.05) is 0 Å². The van der Waals surface area contributed by atoms with Crippen molar-refractivity contribution in [3.8, 4) is 11.4 Å². The average Bonchev–Trinajstić information content (AvgIpc) is 3.67. The van der Waals surface area contributed by atoms with Crippen molar-refractivity contribution in [3.63, 3.8) is 0 Å². The van der Waals surface area contributed by atoms with Crippen LogP contribution in [0.5, 0.6) is 5.75 Å². The monoisotopic (exact) mass is 571 g/mol. The zero-order valence-electron chi connectivity index (χ0n) is 20.9. The van der Waals surface area contributed by atoms with Gasteiger partial charge in [0.1, 0.15) is 11.6 Å². The van der Waals surface area contributed by atoms with Gasteiger partial charge in [-0.1, -0.05) is 11.6 Å². The smallest absolute Gasteiger partial charge is 0.341 e. The van der Waals surface area contributed by atoms with Gasteiger partial charge in [0.2, 0.25) is 11.8 Å². The van der Waals surface area contributed by atoms with Crippen molar-refractivity contribution in [2.24, 2.45) is 17.8 Å². The second kappa shape index (κ2) is 12.0. The van der Waals surface area contributed by atoms with Crippen LogP contribution in [-0.4, -0.2) is 46.6 Å². The standard InChI is InChI=1S/C27H23ClFN3O8/c1-2-39-27(38)24-22(25(36)30-15-5-3-14(28)4-6-15)23(24)26(37)31-19-8-7-16(11-18(19)29)32-10-9-17(12-20(32)33)40-13-21(34)35/h3-12,22-24H,2,13H2,1H3,(H,30,36)(H,31,37)(H,34,35)/t22-,23-,24-/m0/s1. The van der Waals surface area contributed by atoms with Crippen LogP contribution in [0.15, 0.2) is 65.6 Å². The highest BCUT2D eigenvalue weighted by atomic mass is 35.5.